The number of benzene rings is 3. The van der Waals surface area contributed by atoms with Crippen molar-refractivity contribution in [2.45, 2.75) is 0 Å². The topological polar surface area (TPSA) is 74.6 Å². The summed E-state index contributed by atoms with van der Waals surface area (Å²) in [6, 6.07) is 24.1. The Labute approximate surface area is 197 Å². The van der Waals surface area contributed by atoms with Crippen LogP contribution in [0.5, 0.6) is 0 Å². The van der Waals surface area contributed by atoms with Crippen LogP contribution in [0.2, 0.25) is 0 Å². The van der Waals surface area contributed by atoms with Crippen LogP contribution >= 0.6 is 0 Å². The molecule has 6 rings (SSSR count). The van der Waals surface area contributed by atoms with Crippen LogP contribution in [0.4, 0.5) is 11.4 Å². The maximum absolute atomic E-state index is 13.2. The van der Waals surface area contributed by atoms with Gasteiger partial charge >= 0.3 is 0 Å². The predicted octanol–water partition coefficient (Wildman–Crippen LogP) is 4.21. The van der Waals surface area contributed by atoms with Gasteiger partial charge < -0.3 is 15.5 Å². The highest BCUT2D eigenvalue weighted by molar-refractivity contribution is 6.05. The molecule has 3 aromatic carbocycles. The predicted molar refractivity (Wildman–Crippen MR) is 135 cm³/mol. The summed E-state index contributed by atoms with van der Waals surface area (Å²) in [5.41, 5.74) is 4.76. The molecule has 0 spiro atoms. The molecule has 1 aliphatic rings. The number of hydrogen-bond acceptors (Lipinski definition) is 5. The van der Waals surface area contributed by atoms with Crippen LogP contribution in [0.15, 0.2) is 85.2 Å². The molecule has 5 aromatic rings. The Hall–Kier alpha value is -4.23. The van der Waals surface area contributed by atoms with Crippen molar-refractivity contribution in [3.8, 4) is 11.1 Å². The first-order chi connectivity index (χ1) is 16.8. The van der Waals surface area contributed by atoms with Crippen LogP contribution in [0.25, 0.3) is 27.5 Å². The van der Waals surface area contributed by atoms with Crippen molar-refractivity contribution in [3.63, 3.8) is 0 Å². The fraction of sp³-hybridized carbons (Fsp3) is 0.148. The minimum Gasteiger partial charge on any atom is -0.367 e. The number of carbonyl (C=O) groups is 1. The van der Waals surface area contributed by atoms with E-state index in [2.05, 4.69) is 44.9 Å². The lowest BCUT2D eigenvalue weighted by molar-refractivity contribution is 0.102. The van der Waals surface area contributed by atoms with Crippen molar-refractivity contribution in [3.05, 3.63) is 90.9 Å². The van der Waals surface area contributed by atoms with Crippen molar-refractivity contribution in [2.75, 3.05) is 36.4 Å². The van der Waals surface area contributed by atoms with Crippen LogP contribution in [-0.2, 0) is 0 Å². The van der Waals surface area contributed by atoms with E-state index in [0.29, 0.717) is 11.3 Å². The van der Waals surface area contributed by atoms with Gasteiger partial charge in [0, 0.05) is 37.9 Å². The van der Waals surface area contributed by atoms with Gasteiger partial charge in [-0.2, -0.15) is 5.10 Å². The second-order valence-electron chi connectivity index (χ2n) is 8.37. The molecule has 7 heteroatoms. The molecule has 3 heterocycles. The van der Waals surface area contributed by atoms with Gasteiger partial charge in [-0.05, 0) is 34.5 Å². The van der Waals surface area contributed by atoms with Crippen molar-refractivity contribution < 1.29 is 4.79 Å². The summed E-state index contributed by atoms with van der Waals surface area (Å²) in [4.78, 5) is 20.3. The number of carbonyl (C=O) groups excluding carboxylic acids is 1. The number of nitrogens with zero attached hydrogens (tertiary/aromatic N) is 4. The summed E-state index contributed by atoms with van der Waals surface area (Å²) >= 11 is 0. The van der Waals surface area contributed by atoms with Gasteiger partial charge in [0.25, 0.3) is 5.91 Å². The second kappa shape index (κ2) is 8.61. The molecule has 1 amide bonds. The lowest BCUT2D eigenvalue weighted by Gasteiger charge is -2.31. The zero-order chi connectivity index (χ0) is 22.9. The van der Waals surface area contributed by atoms with Gasteiger partial charge in [-0.3, -0.25) is 4.79 Å². The fourth-order valence-corrected chi connectivity index (χ4v) is 4.59. The van der Waals surface area contributed by atoms with E-state index in [-0.39, 0.29) is 5.91 Å². The Balaban J connectivity index is 1.35. The Bertz CT molecular complexity index is 1500. The minimum absolute atomic E-state index is 0.241. The standard InChI is InChI=1S/C27H24N6O/c34-27(31-23-10-3-4-11-25(23)32-16-13-28-14-17-32)24-12-15-33-26(30-24)22(18-29-33)21-9-5-7-19-6-1-2-8-20(19)21/h1-12,15,18,28H,13-14,16-17H2,(H,31,34). The second-order valence-corrected chi connectivity index (χ2v) is 8.37. The molecule has 168 valence electrons. The van der Waals surface area contributed by atoms with E-state index in [0.717, 1.165) is 59.5 Å². The molecule has 34 heavy (non-hydrogen) atoms. The van der Waals surface area contributed by atoms with Gasteiger partial charge in [-0.15, -0.1) is 0 Å². The van der Waals surface area contributed by atoms with E-state index in [1.807, 2.05) is 48.7 Å². The molecule has 2 N–H and O–H groups in total. The Morgan fingerprint density at radius 3 is 2.59 bits per heavy atom. The number of aromatic nitrogens is 3. The summed E-state index contributed by atoms with van der Waals surface area (Å²) in [5.74, 6) is -0.241. The lowest BCUT2D eigenvalue weighted by atomic mass is 10.0. The number of rotatable bonds is 4. The minimum atomic E-state index is -0.241. The van der Waals surface area contributed by atoms with Gasteiger partial charge in [0.05, 0.1) is 17.6 Å². The molecule has 0 aliphatic carbocycles. The highest BCUT2D eigenvalue weighted by Gasteiger charge is 2.18. The fourth-order valence-electron chi connectivity index (χ4n) is 4.59. The monoisotopic (exact) mass is 448 g/mol. The van der Waals surface area contributed by atoms with Crippen molar-refractivity contribution in [2.24, 2.45) is 0 Å². The number of anilines is 2. The molecule has 1 aliphatic heterocycles. The van der Waals surface area contributed by atoms with Gasteiger partial charge in [0.2, 0.25) is 0 Å². The maximum Gasteiger partial charge on any atom is 0.274 e. The molecule has 0 atom stereocenters. The van der Waals surface area contributed by atoms with E-state index in [1.165, 1.54) is 0 Å². The number of piperazine rings is 1. The third-order valence-electron chi connectivity index (χ3n) is 6.29. The molecule has 1 fully saturated rings. The molecular weight excluding hydrogens is 424 g/mol. The quantitative estimate of drug-likeness (QED) is 0.431. The first-order valence-corrected chi connectivity index (χ1v) is 11.5. The normalized spacial score (nSPS) is 13.9. The van der Waals surface area contributed by atoms with E-state index >= 15 is 0 Å². The third-order valence-corrected chi connectivity index (χ3v) is 6.29. The number of para-hydroxylation sites is 2. The summed E-state index contributed by atoms with van der Waals surface area (Å²) in [5, 5.41) is 13.2. The number of nitrogens with one attached hydrogen (secondary N) is 2. The zero-order valence-corrected chi connectivity index (χ0v) is 18.6. The number of hydrogen-bond donors (Lipinski definition) is 2. The Morgan fingerprint density at radius 1 is 0.882 bits per heavy atom. The third kappa shape index (κ3) is 3.66. The maximum atomic E-state index is 13.2. The first-order valence-electron chi connectivity index (χ1n) is 11.5. The van der Waals surface area contributed by atoms with Gasteiger partial charge in [-0.25, -0.2) is 9.50 Å². The largest absolute Gasteiger partial charge is 0.367 e. The highest BCUT2D eigenvalue weighted by Crippen LogP contribution is 2.31. The van der Waals surface area contributed by atoms with Crippen LogP contribution < -0.4 is 15.5 Å². The Morgan fingerprint density at radius 2 is 1.68 bits per heavy atom. The summed E-state index contributed by atoms with van der Waals surface area (Å²) in [6.45, 7) is 3.67. The van der Waals surface area contributed by atoms with Crippen molar-refractivity contribution >= 4 is 33.7 Å². The van der Waals surface area contributed by atoms with Crippen LogP contribution in [0.1, 0.15) is 10.5 Å². The molecule has 0 saturated carbocycles. The molecule has 2 aromatic heterocycles. The van der Waals surface area contributed by atoms with Crippen molar-refractivity contribution in [1.29, 1.82) is 0 Å². The smallest absolute Gasteiger partial charge is 0.274 e. The molecular formula is C27H24N6O. The van der Waals surface area contributed by atoms with E-state index in [9.17, 15) is 4.79 Å². The van der Waals surface area contributed by atoms with Crippen molar-refractivity contribution in [1.82, 2.24) is 19.9 Å². The SMILES string of the molecule is O=C(Nc1ccccc1N1CCNCC1)c1ccn2ncc(-c3cccc4ccccc34)c2n1. The molecule has 0 radical (unpaired) electrons. The number of amides is 1. The lowest BCUT2D eigenvalue weighted by Crippen LogP contribution is -2.43. The Kier molecular flexibility index (Phi) is 5.16. The molecule has 0 bridgehead atoms. The molecule has 1 saturated heterocycles. The van der Waals surface area contributed by atoms with E-state index in [4.69, 9.17) is 4.98 Å². The van der Waals surface area contributed by atoms with Crippen LogP contribution in [0.3, 0.4) is 0 Å². The summed E-state index contributed by atoms with van der Waals surface area (Å²) in [7, 11) is 0. The van der Waals surface area contributed by atoms with Gasteiger partial charge in [-0.1, -0.05) is 54.6 Å². The highest BCUT2D eigenvalue weighted by atomic mass is 16.1. The summed E-state index contributed by atoms with van der Waals surface area (Å²) < 4.78 is 1.71. The van der Waals surface area contributed by atoms with Gasteiger partial charge in [0.15, 0.2) is 5.65 Å². The van der Waals surface area contributed by atoms with E-state index in [1.54, 1.807) is 16.8 Å². The molecule has 7 nitrogen and oxygen atoms in total. The number of fused-ring (bicyclic) bond motifs is 2. The first kappa shape index (κ1) is 20.4. The average Bonchev–Trinajstić information content (AvgIpc) is 3.32. The van der Waals surface area contributed by atoms with Gasteiger partial charge in [0.1, 0.15) is 5.69 Å². The van der Waals surface area contributed by atoms with E-state index < -0.39 is 0 Å². The summed E-state index contributed by atoms with van der Waals surface area (Å²) in [6.07, 6.45) is 3.60. The van der Waals surface area contributed by atoms with Crippen LogP contribution in [0, 0.1) is 0 Å². The average molecular weight is 449 g/mol. The molecule has 0 unspecified atom stereocenters. The zero-order valence-electron chi connectivity index (χ0n) is 18.6. The van der Waals surface area contributed by atoms with Crippen LogP contribution in [-0.4, -0.2) is 46.7 Å².